The highest BCUT2D eigenvalue weighted by Crippen LogP contribution is 2.16. The van der Waals surface area contributed by atoms with Crippen LogP contribution in [0.25, 0.3) is 0 Å². The number of carboxylic acid groups (broad SMARTS) is 1. The van der Waals surface area contributed by atoms with Gasteiger partial charge in [0.1, 0.15) is 0 Å². The standard InChI is InChI=1S/C8H13N3O4S/c1-5(3-15-2)11-7(14)9-10-8(11)16-4-6(12)13/h5H,3-4H2,1-2H3,(H,9,14)(H,12,13). The lowest BCUT2D eigenvalue weighted by Crippen LogP contribution is -2.24. The van der Waals surface area contributed by atoms with Gasteiger partial charge >= 0.3 is 11.7 Å². The Labute approximate surface area is 95.8 Å². The molecule has 0 aliphatic carbocycles. The summed E-state index contributed by atoms with van der Waals surface area (Å²) in [5.74, 6) is -1.09. The van der Waals surface area contributed by atoms with E-state index in [0.717, 1.165) is 11.8 Å². The molecule has 1 aromatic rings. The molecule has 0 aliphatic heterocycles. The maximum Gasteiger partial charge on any atom is 0.344 e. The fraction of sp³-hybridized carbons (Fsp3) is 0.625. The lowest BCUT2D eigenvalue weighted by atomic mass is 10.4. The van der Waals surface area contributed by atoms with E-state index in [0.29, 0.717) is 11.8 Å². The number of aliphatic carboxylic acids is 1. The van der Waals surface area contributed by atoms with E-state index in [9.17, 15) is 9.59 Å². The minimum absolute atomic E-state index is 0.135. The molecule has 2 N–H and O–H groups in total. The Morgan fingerprint density at radius 3 is 3.00 bits per heavy atom. The van der Waals surface area contributed by atoms with E-state index in [-0.39, 0.29) is 17.5 Å². The first-order chi connectivity index (χ1) is 7.56. The molecule has 0 bridgehead atoms. The summed E-state index contributed by atoms with van der Waals surface area (Å²) in [4.78, 5) is 21.8. The van der Waals surface area contributed by atoms with Crippen molar-refractivity contribution in [3.8, 4) is 0 Å². The number of carboxylic acids is 1. The second-order valence-corrected chi connectivity index (χ2v) is 4.11. The van der Waals surface area contributed by atoms with Crippen molar-refractivity contribution in [1.82, 2.24) is 14.8 Å². The Balaban J connectivity index is 2.85. The van der Waals surface area contributed by atoms with Crippen LogP contribution >= 0.6 is 11.8 Å². The second kappa shape index (κ2) is 5.71. The lowest BCUT2D eigenvalue weighted by Gasteiger charge is -2.12. The molecule has 16 heavy (non-hydrogen) atoms. The number of nitrogens with one attached hydrogen (secondary N) is 1. The number of carbonyl (C=O) groups is 1. The van der Waals surface area contributed by atoms with Crippen LogP contribution < -0.4 is 5.69 Å². The first-order valence-corrected chi connectivity index (χ1v) is 5.55. The summed E-state index contributed by atoms with van der Waals surface area (Å²) in [6.07, 6.45) is 0. The molecule has 0 fully saturated rings. The number of rotatable bonds is 6. The number of nitrogens with zero attached hydrogens (tertiary/aromatic N) is 2. The fourth-order valence-electron chi connectivity index (χ4n) is 1.22. The van der Waals surface area contributed by atoms with E-state index in [1.54, 1.807) is 6.92 Å². The van der Waals surface area contributed by atoms with Crippen molar-refractivity contribution in [2.75, 3.05) is 19.5 Å². The van der Waals surface area contributed by atoms with Gasteiger partial charge < -0.3 is 9.84 Å². The SMILES string of the molecule is COCC(C)n1c(SCC(=O)O)n[nH]c1=O. The number of methoxy groups -OCH3 is 1. The summed E-state index contributed by atoms with van der Waals surface area (Å²) in [5, 5.41) is 15.0. The molecule has 0 aliphatic rings. The van der Waals surface area contributed by atoms with E-state index < -0.39 is 5.97 Å². The molecule has 0 saturated heterocycles. The van der Waals surface area contributed by atoms with E-state index in [2.05, 4.69) is 10.2 Å². The zero-order valence-electron chi connectivity index (χ0n) is 8.97. The van der Waals surface area contributed by atoms with Crippen LogP contribution in [0.15, 0.2) is 9.95 Å². The predicted molar refractivity (Wildman–Crippen MR) is 57.8 cm³/mol. The largest absolute Gasteiger partial charge is 0.481 e. The highest BCUT2D eigenvalue weighted by molar-refractivity contribution is 7.99. The molecule has 0 radical (unpaired) electrons. The van der Waals surface area contributed by atoms with Gasteiger partial charge in [-0.05, 0) is 6.92 Å². The minimum atomic E-state index is -0.952. The molecule has 0 saturated carbocycles. The van der Waals surface area contributed by atoms with Crippen molar-refractivity contribution in [3.05, 3.63) is 10.5 Å². The van der Waals surface area contributed by atoms with E-state index in [4.69, 9.17) is 9.84 Å². The van der Waals surface area contributed by atoms with Crippen LogP contribution in [0.5, 0.6) is 0 Å². The van der Waals surface area contributed by atoms with Crippen molar-refractivity contribution in [1.29, 1.82) is 0 Å². The lowest BCUT2D eigenvalue weighted by molar-refractivity contribution is -0.133. The molecule has 1 heterocycles. The molecular weight excluding hydrogens is 234 g/mol. The molecule has 1 aromatic heterocycles. The maximum absolute atomic E-state index is 11.4. The van der Waals surface area contributed by atoms with Crippen molar-refractivity contribution in [2.24, 2.45) is 0 Å². The smallest absolute Gasteiger partial charge is 0.344 e. The normalized spacial score (nSPS) is 12.6. The van der Waals surface area contributed by atoms with Gasteiger partial charge in [0, 0.05) is 7.11 Å². The molecule has 1 rings (SSSR count). The van der Waals surface area contributed by atoms with Gasteiger partial charge in [0.25, 0.3) is 0 Å². The highest BCUT2D eigenvalue weighted by Gasteiger charge is 2.15. The Morgan fingerprint density at radius 2 is 2.44 bits per heavy atom. The average molecular weight is 247 g/mol. The van der Waals surface area contributed by atoms with Crippen molar-refractivity contribution < 1.29 is 14.6 Å². The summed E-state index contributed by atoms with van der Waals surface area (Å²) in [6, 6.07) is -0.187. The number of H-pyrrole nitrogens is 1. The number of aromatic nitrogens is 3. The molecule has 0 amide bonds. The van der Waals surface area contributed by atoms with Crippen LogP contribution in [0.4, 0.5) is 0 Å². The van der Waals surface area contributed by atoms with Crippen molar-refractivity contribution >= 4 is 17.7 Å². The monoisotopic (exact) mass is 247 g/mol. The number of aromatic amines is 1. The molecule has 90 valence electrons. The molecule has 1 atom stereocenters. The van der Waals surface area contributed by atoms with Crippen LogP contribution in [-0.2, 0) is 9.53 Å². The van der Waals surface area contributed by atoms with Gasteiger partial charge in [0.05, 0.1) is 18.4 Å². The Kier molecular flexibility index (Phi) is 4.56. The Morgan fingerprint density at radius 1 is 1.75 bits per heavy atom. The summed E-state index contributed by atoms with van der Waals surface area (Å²) in [6.45, 7) is 2.16. The molecule has 0 aromatic carbocycles. The number of thioether (sulfide) groups is 1. The number of hydrogen-bond acceptors (Lipinski definition) is 5. The van der Waals surface area contributed by atoms with E-state index >= 15 is 0 Å². The average Bonchev–Trinajstić information content (AvgIpc) is 2.57. The zero-order chi connectivity index (χ0) is 12.1. The summed E-state index contributed by atoms with van der Waals surface area (Å²) < 4.78 is 6.32. The van der Waals surface area contributed by atoms with Gasteiger partial charge in [0.15, 0.2) is 5.16 Å². The number of hydrogen-bond donors (Lipinski definition) is 2. The fourth-order valence-corrected chi connectivity index (χ4v) is 1.99. The Hall–Kier alpha value is -1.28. The molecular formula is C8H13N3O4S. The maximum atomic E-state index is 11.4. The van der Waals surface area contributed by atoms with Gasteiger partial charge in [-0.15, -0.1) is 5.10 Å². The predicted octanol–water partition coefficient (Wildman–Crippen LogP) is -0.0445. The molecule has 0 spiro atoms. The highest BCUT2D eigenvalue weighted by atomic mass is 32.2. The van der Waals surface area contributed by atoms with Gasteiger partial charge in [0.2, 0.25) is 0 Å². The second-order valence-electron chi connectivity index (χ2n) is 3.17. The molecule has 1 unspecified atom stereocenters. The van der Waals surface area contributed by atoms with Crippen LogP contribution in [-0.4, -0.2) is 45.3 Å². The van der Waals surface area contributed by atoms with E-state index in [1.807, 2.05) is 0 Å². The number of ether oxygens (including phenoxy) is 1. The van der Waals surface area contributed by atoms with Gasteiger partial charge in [-0.2, -0.15) is 0 Å². The first-order valence-electron chi connectivity index (χ1n) is 4.56. The summed E-state index contributed by atoms with van der Waals surface area (Å²) >= 11 is 0.996. The van der Waals surface area contributed by atoms with Gasteiger partial charge in [-0.1, -0.05) is 11.8 Å². The van der Waals surface area contributed by atoms with E-state index in [1.165, 1.54) is 11.7 Å². The topological polar surface area (TPSA) is 97.2 Å². The van der Waals surface area contributed by atoms with Crippen molar-refractivity contribution in [2.45, 2.75) is 18.1 Å². The third-order valence-electron chi connectivity index (χ3n) is 1.85. The first kappa shape index (κ1) is 12.8. The van der Waals surface area contributed by atoms with Crippen LogP contribution in [0.2, 0.25) is 0 Å². The van der Waals surface area contributed by atoms with Crippen LogP contribution in [0, 0.1) is 0 Å². The molecule has 8 heteroatoms. The molecule has 7 nitrogen and oxygen atoms in total. The van der Waals surface area contributed by atoms with Gasteiger partial charge in [-0.25, -0.2) is 9.89 Å². The quantitative estimate of drug-likeness (QED) is 0.684. The third kappa shape index (κ3) is 3.11. The zero-order valence-corrected chi connectivity index (χ0v) is 9.78. The third-order valence-corrected chi connectivity index (χ3v) is 2.78. The van der Waals surface area contributed by atoms with Crippen molar-refractivity contribution in [3.63, 3.8) is 0 Å². The summed E-state index contributed by atoms with van der Waals surface area (Å²) in [5.41, 5.74) is -0.363. The minimum Gasteiger partial charge on any atom is -0.481 e. The van der Waals surface area contributed by atoms with Gasteiger partial charge in [-0.3, -0.25) is 9.36 Å². The summed E-state index contributed by atoms with van der Waals surface area (Å²) in [7, 11) is 1.53. The van der Waals surface area contributed by atoms with Crippen LogP contribution in [0.1, 0.15) is 13.0 Å². The Bertz CT molecular complexity index is 414. The van der Waals surface area contributed by atoms with Crippen LogP contribution in [0.3, 0.4) is 0 Å².